The summed E-state index contributed by atoms with van der Waals surface area (Å²) in [6.07, 6.45) is 21.0. The molecule has 0 aromatic rings. The van der Waals surface area contributed by atoms with Gasteiger partial charge < -0.3 is 0 Å². The first-order chi connectivity index (χ1) is 15.4. The summed E-state index contributed by atoms with van der Waals surface area (Å²) in [5, 5.41) is 0. The lowest BCUT2D eigenvalue weighted by molar-refractivity contribution is -0.241. The number of hydrogen-bond donors (Lipinski definition) is 0. The van der Waals surface area contributed by atoms with Crippen LogP contribution in [-0.2, 0) is 0 Å². The van der Waals surface area contributed by atoms with Crippen LogP contribution in [0, 0.1) is 62.6 Å². The van der Waals surface area contributed by atoms with Crippen molar-refractivity contribution in [3.8, 4) is 0 Å². The summed E-state index contributed by atoms with van der Waals surface area (Å²) in [6, 6.07) is 0. The molecule has 5 rings (SSSR count). The average molecular weight is 455 g/mol. The van der Waals surface area contributed by atoms with E-state index in [2.05, 4.69) is 55.4 Å². The van der Waals surface area contributed by atoms with Crippen LogP contribution >= 0.6 is 0 Å². The maximum absolute atomic E-state index is 2.83. The Morgan fingerprint density at radius 2 is 1.30 bits per heavy atom. The van der Waals surface area contributed by atoms with Crippen LogP contribution in [-0.4, -0.2) is 0 Å². The van der Waals surface area contributed by atoms with E-state index >= 15 is 0 Å². The van der Waals surface area contributed by atoms with Crippen molar-refractivity contribution < 1.29 is 0 Å². The highest BCUT2D eigenvalue weighted by molar-refractivity contribution is 5.19. The van der Waals surface area contributed by atoms with E-state index in [4.69, 9.17) is 0 Å². The van der Waals surface area contributed by atoms with Crippen LogP contribution in [0.4, 0.5) is 0 Å². The third-order valence-corrected chi connectivity index (χ3v) is 14.5. The lowest BCUT2D eigenvalue weighted by atomic mass is 9.32. The minimum absolute atomic E-state index is 0.559. The number of hydrogen-bond acceptors (Lipinski definition) is 0. The maximum Gasteiger partial charge on any atom is -0.0235 e. The highest BCUT2D eigenvalue weighted by Gasteiger charge is 2.70. The van der Waals surface area contributed by atoms with Gasteiger partial charge in [-0.3, -0.25) is 0 Å². The Hall–Kier alpha value is 0. The topological polar surface area (TPSA) is 0 Å². The second-order valence-electron chi connectivity index (χ2n) is 15.9. The summed E-state index contributed by atoms with van der Waals surface area (Å²) in [5.41, 5.74) is 2.90. The van der Waals surface area contributed by atoms with Gasteiger partial charge in [0.1, 0.15) is 0 Å². The molecule has 1 unspecified atom stereocenters. The summed E-state index contributed by atoms with van der Waals surface area (Å²) in [4.78, 5) is 0. The van der Waals surface area contributed by atoms with E-state index in [0.29, 0.717) is 27.1 Å². The van der Waals surface area contributed by atoms with Gasteiger partial charge in [0.25, 0.3) is 0 Å². The summed E-state index contributed by atoms with van der Waals surface area (Å²) >= 11 is 0. The van der Waals surface area contributed by atoms with E-state index in [1.807, 2.05) is 0 Å². The molecule has 0 radical (unpaired) electrons. The molecule has 0 aliphatic heterocycles. The quantitative estimate of drug-likeness (QED) is 0.396. The fraction of sp³-hybridized carbons (Fsp3) is 1.00. The molecule has 0 heteroatoms. The summed E-state index contributed by atoms with van der Waals surface area (Å²) < 4.78 is 0. The summed E-state index contributed by atoms with van der Waals surface area (Å²) in [7, 11) is 0. The van der Waals surface area contributed by atoms with E-state index in [1.165, 1.54) is 77.0 Å². The minimum Gasteiger partial charge on any atom is -0.0654 e. The number of unbranched alkanes of at least 4 members (excludes halogenated alkanes) is 1. The minimum atomic E-state index is 0.559. The Balaban J connectivity index is 1.45. The van der Waals surface area contributed by atoms with E-state index in [-0.39, 0.29) is 0 Å². The number of rotatable bonds is 4. The van der Waals surface area contributed by atoms with Crippen molar-refractivity contribution in [2.75, 3.05) is 0 Å². The van der Waals surface area contributed by atoms with Crippen LogP contribution in [0.3, 0.4) is 0 Å². The van der Waals surface area contributed by atoms with Crippen LogP contribution in [0.15, 0.2) is 0 Å². The van der Waals surface area contributed by atoms with Gasteiger partial charge in [0.05, 0.1) is 0 Å². The monoisotopic (exact) mass is 454 g/mol. The first-order valence-corrected chi connectivity index (χ1v) is 15.4. The number of fused-ring (bicyclic) bond motifs is 7. The van der Waals surface area contributed by atoms with Crippen LogP contribution in [0.5, 0.6) is 0 Å². The van der Waals surface area contributed by atoms with Gasteiger partial charge in [-0.25, -0.2) is 0 Å². The van der Waals surface area contributed by atoms with E-state index in [1.54, 1.807) is 12.8 Å². The first-order valence-electron chi connectivity index (χ1n) is 15.4. The standard InChI is InChI=1S/C33H58/c1-9-10-12-23(2)24-15-20-30(5)25(24)16-21-32(7)27(30)13-14-28-31(6)19-11-18-29(3,4)26(31)17-22-33(28,32)8/h23-28H,9-22H2,1-8H3/t23?,24-,25+,26+,27-,28-,30+,31+,32-,33-/m1/s1. The molecular weight excluding hydrogens is 396 g/mol. The molecule has 5 aliphatic carbocycles. The SMILES string of the molecule is CCCCC(C)[C@H]1CC[C@]2(C)[C@H]3CC[C@@H]4[C@@]5(C)CCCC(C)(C)[C@@H]5CC[C@@]4(C)[C@]3(C)CC[C@@H]12. The highest BCUT2D eigenvalue weighted by atomic mass is 14.7. The lowest BCUT2D eigenvalue weighted by Gasteiger charge is -2.73. The molecule has 5 saturated carbocycles. The van der Waals surface area contributed by atoms with Crippen molar-refractivity contribution in [1.82, 2.24) is 0 Å². The molecule has 0 heterocycles. The average Bonchev–Trinajstić information content (AvgIpc) is 3.09. The van der Waals surface area contributed by atoms with Crippen LogP contribution in [0.1, 0.15) is 145 Å². The Morgan fingerprint density at radius 3 is 1.97 bits per heavy atom. The Bertz CT molecular complexity index is 734. The predicted octanol–water partition coefficient (Wildman–Crippen LogP) is 10.3. The lowest BCUT2D eigenvalue weighted by Crippen LogP contribution is -2.65. The Kier molecular flexibility index (Phi) is 5.98. The van der Waals surface area contributed by atoms with Crippen molar-refractivity contribution >= 4 is 0 Å². The third-order valence-electron chi connectivity index (χ3n) is 14.5. The molecule has 0 saturated heterocycles. The first kappa shape index (κ1) is 24.7. The molecule has 0 N–H and O–H groups in total. The molecule has 0 nitrogen and oxygen atoms in total. The third kappa shape index (κ3) is 3.26. The van der Waals surface area contributed by atoms with Gasteiger partial charge in [-0.2, -0.15) is 0 Å². The van der Waals surface area contributed by atoms with Gasteiger partial charge in [0, 0.05) is 0 Å². The summed E-state index contributed by atoms with van der Waals surface area (Å²) in [6.45, 7) is 21.5. The largest absolute Gasteiger partial charge is 0.0654 e. The van der Waals surface area contributed by atoms with Gasteiger partial charge in [-0.15, -0.1) is 0 Å². The zero-order valence-electron chi connectivity index (χ0n) is 23.9. The van der Waals surface area contributed by atoms with Gasteiger partial charge in [0.2, 0.25) is 0 Å². The normalized spacial score (nSPS) is 54.0. The van der Waals surface area contributed by atoms with Gasteiger partial charge in [-0.1, -0.05) is 81.1 Å². The second-order valence-corrected chi connectivity index (χ2v) is 15.9. The van der Waals surface area contributed by atoms with Crippen molar-refractivity contribution in [3.05, 3.63) is 0 Å². The van der Waals surface area contributed by atoms with Crippen molar-refractivity contribution in [3.63, 3.8) is 0 Å². The Labute approximate surface area is 207 Å². The van der Waals surface area contributed by atoms with Crippen LogP contribution in [0.2, 0.25) is 0 Å². The van der Waals surface area contributed by atoms with Crippen molar-refractivity contribution in [2.45, 2.75) is 145 Å². The van der Waals surface area contributed by atoms with Gasteiger partial charge in [-0.05, 0) is 127 Å². The molecule has 0 aromatic heterocycles. The summed E-state index contributed by atoms with van der Waals surface area (Å²) in [5.74, 6) is 5.88. The zero-order chi connectivity index (χ0) is 23.9. The smallest absolute Gasteiger partial charge is 0.0235 e. The zero-order valence-corrected chi connectivity index (χ0v) is 23.9. The maximum atomic E-state index is 2.83. The fourth-order valence-corrected chi connectivity index (χ4v) is 12.8. The van der Waals surface area contributed by atoms with Crippen molar-refractivity contribution in [1.29, 1.82) is 0 Å². The molecule has 190 valence electrons. The molecule has 0 spiro atoms. The highest BCUT2D eigenvalue weighted by Crippen LogP contribution is 2.78. The fourth-order valence-electron chi connectivity index (χ4n) is 12.8. The molecule has 0 amide bonds. The molecule has 0 aromatic carbocycles. The molecule has 5 aliphatic rings. The van der Waals surface area contributed by atoms with E-state index in [9.17, 15) is 0 Å². The van der Waals surface area contributed by atoms with Gasteiger partial charge in [0.15, 0.2) is 0 Å². The van der Waals surface area contributed by atoms with Gasteiger partial charge >= 0.3 is 0 Å². The van der Waals surface area contributed by atoms with Crippen LogP contribution < -0.4 is 0 Å². The van der Waals surface area contributed by atoms with E-state index < -0.39 is 0 Å². The van der Waals surface area contributed by atoms with E-state index in [0.717, 1.165) is 35.5 Å². The molecule has 33 heavy (non-hydrogen) atoms. The molecule has 5 fully saturated rings. The molecule has 10 atom stereocenters. The predicted molar refractivity (Wildman–Crippen MR) is 143 cm³/mol. The van der Waals surface area contributed by atoms with Crippen molar-refractivity contribution in [2.24, 2.45) is 62.6 Å². The molecule has 0 bridgehead atoms. The Morgan fingerprint density at radius 1 is 0.667 bits per heavy atom. The molecular formula is C33H58. The second kappa shape index (κ2) is 8.00. The van der Waals surface area contributed by atoms with Crippen LogP contribution in [0.25, 0.3) is 0 Å².